The van der Waals surface area contributed by atoms with Crippen LogP contribution in [0, 0.1) is 5.41 Å². The molecule has 90 valence electrons. The minimum absolute atomic E-state index is 0.0125. The van der Waals surface area contributed by atoms with Crippen molar-refractivity contribution in [3.05, 3.63) is 0 Å². The van der Waals surface area contributed by atoms with Crippen molar-refractivity contribution in [2.45, 2.75) is 38.1 Å². The van der Waals surface area contributed by atoms with Crippen LogP contribution in [0.1, 0.15) is 32.1 Å². The molecule has 0 radical (unpaired) electrons. The summed E-state index contributed by atoms with van der Waals surface area (Å²) in [7, 11) is 0. The van der Waals surface area contributed by atoms with Gasteiger partial charge in [0.15, 0.2) is 0 Å². The third kappa shape index (κ3) is 2.04. The summed E-state index contributed by atoms with van der Waals surface area (Å²) in [6.07, 6.45) is 4.30. The zero-order chi connectivity index (χ0) is 11.6. The summed E-state index contributed by atoms with van der Waals surface area (Å²) in [5, 5.41) is 5.65. The van der Waals surface area contributed by atoms with E-state index < -0.39 is 0 Å². The van der Waals surface area contributed by atoms with Crippen LogP contribution in [0.2, 0.25) is 0 Å². The molecule has 0 aromatic rings. The van der Waals surface area contributed by atoms with Gasteiger partial charge < -0.3 is 16.4 Å². The molecule has 0 aromatic heterocycles. The first-order chi connectivity index (χ1) is 7.66. The van der Waals surface area contributed by atoms with E-state index in [1.165, 1.54) is 0 Å². The fraction of sp³-hybridized carbons (Fsp3) is 0.818. The normalized spacial score (nSPS) is 27.8. The van der Waals surface area contributed by atoms with Crippen molar-refractivity contribution in [1.29, 1.82) is 0 Å². The highest BCUT2D eigenvalue weighted by Crippen LogP contribution is 2.37. The fourth-order valence-corrected chi connectivity index (χ4v) is 2.62. The molecule has 2 aliphatic rings. The Morgan fingerprint density at radius 2 is 2.19 bits per heavy atom. The molecule has 0 aromatic carbocycles. The van der Waals surface area contributed by atoms with Gasteiger partial charge in [-0.15, -0.1) is 0 Å². The van der Waals surface area contributed by atoms with Gasteiger partial charge in [0.2, 0.25) is 11.8 Å². The molecule has 1 saturated heterocycles. The molecule has 5 heteroatoms. The number of carbonyl (C=O) groups excluding carboxylic acids is 2. The van der Waals surface area contributed by atoms with Crippen LogP contribution < -0.4 is 16.4 Å². The Morgan fingerprint density at radius 3 is 2.69 bits per heavy atom. The number of rotatable bonds is 3. The van der Waals surface area contributed by atoms with Gasteiger partial charge in [-0.2, -0.15) is 0 Å². The number of hydrogen-bond acceptors (Lipinski definition) is 3. The minimum Gasteiger partial charge on any atom is -0.354 e. The lowest BCUT2D eigenvalue weighted by Crippen LogP contribution is -2.48. The first-order valence-electron chi connectivity index (χ1n) is 5.94. The zero-order valence-electron chi connectivity index (χ0n) is 9.42. The lowest BCUT2D eigenvalue weighted by Gasteiger charge is -2.27. The largest absolute Gasteiger partial charge is 0.354 e. The molecule has 4 N–H and O–H groups in total. The number of nitrogens with two attached hydrogens (primary N) is 1. The molecule has 2 fully saturated rings. The predicted molar refractivity (Wildman–Crippen MR) is 59.5 cm³/mol. The summed E-state index contributed by atoms with van der Waals surface area (Å²) in [6.45, 7) is 0.957. The summed E-state index contributed by atoms with van der Waals surface area (Å²) in [5.41, 5.74) is 5.36. The van der Waals surface area contributed by atoms with E-state index in [-0.39, 0.29) is 23.3 Å². The monoisotopic (exact) mass is 225 g/mol. The molecule has 2 rings (SSSR count). The van der Waals surface area contributed by atoms with Crippen molar-refractivity contribution < 1.29 is 9.59 Å². The van der Waals surface area contributed by atoms with Gasteiger partial charge in [-0.05, 0) is 12.8 Å². The number of nitrogens with one attached hydrogen (secondary N) is 2. The van der Waals surface area contributed by atoms with Crippen LogP contribution in [0.5, 0.6) is 0 Å². The smallest absolute Gasteiger partial charge is 0.227 e. The van der Waals surface area contributed by atoms with Gasteiger partial charge >= 0.3 is 0 Å². The highest BCUT2D eigenvalue weighted by atomic mass is 16.2. The van der Waals surface area contributed by atoms with Crippen molar-refractivity contribution in [3.63, 3.8) is 0 Å². The van der Waals surface area contributed by atoms with Crippen LogP contribution in [-0.4, -0.2) is 30.9 Å². The molecule has 1 aliphatic heterocycles. The van der Waals surface area contributed by atoms with Gasteiger partial charge in [0, 0.05) is 19.5 Å². The van der Waals surface area contributed by atoms with Crippen LogP contribution >= 0.6 is 0 Å². The lowest BCUT2D eigenvalue weighted by molar-refractivity contribution is -0.131. The molecule has 1 aliphatic carbocycles. The van der Waals surface area contributed by atoms with E-state index in [9.17, 15) is 9.59 Å². The summed E-state index contributed by atoms with van der Waals surface area (Å²) in [5.74, 6) is 0.0486. The van der Waals surface area contributed by atoms with Crippen LogP contribution in [0.3, 0.4) is 0 Å². The van der Waals surface area contributed by atoms with Crippen molar-refractivity contribution in [1.82, 2.24) is 10.6 Å². The maximum absolute atomic E-state index is 12.1. The van der Waals surface area contributed by atoms with Crippen molar-refractivity contribution in [2.75, 3.05) is 13.1 Å². The van der Waals surface area contributed by atoms with Gasteiger partial charge in [-0.1, -0.05) is 12.8 Å². The first kappa shape index (κ1) is 11.4. The molecule has 1 saturated carbocycles. The van der Waals surface area contributed by atoms with E-state index in [2.05, 4.69) is 10.6 Å². The predicted octanol–water partition coefficient (Wildman–Crippen LogP) is -0.490. The van der Waals surface area contributed by atoms with Crippen LogP contribution in [0.15, 0.2) is 0 Å². The molecule has 5 nitrogen and oxygen atoms in total. The quantitative estimate of drug-likeness (QED) is 0.606. The van der Waals surface area contributed by atoms with Crippen molar-refractivity contribution >= 4 is 11.8 Å². The number of amides is 2. The molecule has 0 spiro atoms. The zero-order valence-corrected chi connectivity index (χ0v) is 9.42. The molecular weight excluding hydrogens is 206 g/mol. The average molecular weight is 225 g/mol. The summed E-state index contributed by atoms with van der Waals surface area (Å²) in [4.78, 5) is 23.1. The van der Waals surface area contributed by atoms with E-state index >= 15 is 0 Å². The Labute approximate surface area is 95.1 Å². The maximum Gasteiger partial charge on any atom is 0.227 e. The third-order valence-corrected chi connectivity index (χ3v) is 3.75. The molecule has 2 amide bonds. The van der Waals surface area contributed by atoms with E-state index in [1.807, 2.05) is 0 Å². The van der Waals surface area contributed by atoms with Crippen LogP contribution in [0.25, 0.3) is 0 Å². The van der Waals surface area contributed by atoms with Crippen molar-refractivity contribution in [3.8, 4) is 0 Å². The Hall–Kier alpha value is -1.10. The molecule has 1 unspecified atom stereocenters. The Kier molecular flexibility index (Phi) is 3.14. The summed E-state index contributed by atoms with van der Waals surface area (Å²) in [6, 6.07) is -0.0518. The second-order valence-corrected chi connectivity index (χ2v) is 4.87. The third-order valence-electron chi connectivity index (χ3n) is 3.75. The second-order valence-electron chi connectivity index (χ2n) is 4.87. The fourth-order valence-electron chi connectivity index (χ4n) is 2.62. The topological polar surface area (TPSA) is 84.2 Å². The van der Waals surface area contributed by atoms with E-state index in [1.54, 1.807) is 0 Å². The highest BCUT2D eigenvalue weighted by molar-refractivity contribution is 5.85. The maximum atomic E-state index is 12.1. The van der Waals surface area contributed by atoms with Crippen LogP contribution in [-0.2, 0) is 9.59 Å². The Balaban J connectivity index is 1.93. The standard InChI is InChI=1S/C11H19N3O2/c12-7-11(3-1-2-4-11)10(16)14-8-5-9(15)13-6-8/h8H,1-7,12H2,(H,13,15)(H,14,16). The van der Waals surface area contributed by atoms with E-state index in [0.717, 1.165) is 25.7 Å². The molecule has 1 heterocycles. The average Bonchev–Trinajstić information content (AvgIpc) is 2.88. The van der Waals surface area contributed by atoms with Gasteiger partial charge in [0.25, 0.3) is 0 Å². The highest BCUT2D eigenvalue weighted by Gasteiger charge is 2.41. The molecule has 1 atom stereocenters. The first-order valence-corrected chi connectivity index (χ1v) is 5.94. The summed E-state index contributed by atoms with van der Waals surface area (Å²) < 4.78 is 0. The van der Waals surface area contributed by atoms with E-state index in [0.29, 0.717) is 19.5 Å². The Morgan fingerprint density at radius 1 is 1.50 bits per heavy atom. The number of hydrogen-bond donors (Lipinski definition) is 3. The minimum atomic E-state index is -0.369. The second kappa shape index (κ2) is 4.41. The SMILES string of the molecule is NCC1(C(=O)NC2CNC(=O)C2)CCCC1. The van der Waals surface area contributed by atoms with Crippen LogP contribution in [0.4, 0.5) is 0 Å². The lowest BCUT2D eigenvalue weighted by atomic mass is 9.85. The van der Waals surface area contributed by atoms with Gasteiger partial charge in [-0.25, -0.2) is 0 Å². The van der Waals surface area contributed by atoms with Gasteiger partial charge in [-0.3, -0.25) is 9.59 Å². The molecule has 16 heavy (non-hydrogen) atoms. The van der Waals surface area contributed by atoms with Crippen molar-refractivity contribution in [2.24, 2.45) is 11.1 Å². The summed E-state index contributed by atoms with van der Waals surface area (Å²) >= 11 is 0. The molecule has 0 bridgehead atoms. The number of carbonyl (C=O) groups is 2. The van der Waals surface area contributed by atoms with Gasteiger partial charge in [0.05, 0.1) is 11.5 Å². The Bertz CT molecular complexity index is 298. The van der Waals surface area contributed by atoms with Gasteiger partial charge in [0.1, 0.15) is 0 Å². The van der Waals surface area contributed by atoms with E-state index in [4.69, 9.17) is 5.73 Å². The molecular formula is C11H19N3O2.